The molecule has 0 aliphatic rings. The van der Waals surface area contributed by atoms with Gasteiger partial charge < -0.3 is 15.7 Å². The third-order valence-electron chi connectivity index (χ3n) is 2.54. The van der Waals surface area contributed by atoms with Gasteiger partial charge in [-0.3, -0.25) is 0 Å². The maximum atomic E-state index is 11.9. The van der Waals surface area contributed by atoms with Gasteiger partial charge >= 0.3 is 18.2 Å². The summed E-state index contributed by atoms with van der Waals surface area (Å²) in [6.07, 6.45) is -4.91. The van der Waals surface area contributed by atoms with E-state index in [2.05, 4.69) is 10.6 Å². The maximum absolute atomic E-state index is 11.9. The first-order valence-corrected chi connectivity index (χ1v) is 6.23. The number of carbonyl (C=O) groups excluding carboxylic acids is 1. The number of unbranched alkanes of at least 4 members (excludes halogenated alkanes) is 1. The summed E-state index contributed by atoms with van der Waals surface area (Å²) in [6, 6.07) is 5.05. The van der Waals surface area contributed by atoms with E-state index in [9.17, 15) is 22.8 Å². The molecule has 1 rings (SSSR count). The SMILES string of the molecule is O=C(NCCCCC(F)(F)F)Nc1cccc(C(=O)O)c1. The second kappa shape index (κ2) is 7.51. The summed E-state index contributed by atoms with van der Waals surface area (Å²) in [6.45, 7) is 0.112. The molecule has 0 saturated heterocycles. The maximum Gasteiger partial charge on any atom is 0.389 e. The van der Waals surface area contributed by atoms with Crippen molar-refractivity contribution in [2.75, 3.05) is 11.9 Å². The quantitative estimate of drug-likeness (QED) is 0.706. The molecule has 0 spiro atoms. The average Bonchev–Trinajstić information content (AvgIpc) is 2.37. The van der Waals surface area contributed by atoms with Gasteiger partial charge in [0.25, 0.3) is 0 Å². The van der Waals surface area contributed by atoms with Crippen LogP contribution in [-0.2, 0) is 0 Å². The number of carbonyl (C=O) groups is 2. The number of carboxylic acid groups (broad SMARTS) is 1. The van der Waals surface area contributed by atoms with Gasteiger partial charge in [0.15, 0.2) is 0 Å². The molecule has 0 aromatic heterocycles. The van der Waals surface area contributed by atoms with Crippen molar-refractivity contribution in [1.29, 1.82) is 0 Å². The summed E-state index contributed by atoms with van der Waals surface area (Å²) in [5.41, 5.74) is 0.320. The minimum absolute atomic E-state index is 0.0259. The van der Waals surface area contributed by atoms with E-state index < -0.39 is 24.6 Å². The van der Waals surface area contributed by atoms with Crippen molar-refractivity contribution in [1.82, 2.24) is 5.32 Å². The van der Waals surface area contributed by atoms with Crippen molar-refractivity contribution in [2.24, 2.45) is 0 Å². The molecule has 0 aliphatic heterocycles. The first-order chi connectivity index (χ1) is 9.78. The molecule has 0 aliphatic carbocycles. The number of aromatic carboxylic acids is 1. The Labute approximate surface area is 119 Å². The van der Waals surface area contributed by atoms with Crippen LogP contribution in [0, 0.1) is 0 Å². The van der Waals surface area contributed by atoms with Crippen LogP contribution in [0.3, 0.4) is 0 Å². The molecule has 0 fully saturated rings. The summed E-state index contributed by atoms with van der Waals surface area (Å²) in [7, 11) is 0. The highest BCUT2D eigenvalue weighted by atomic mass is 19.4. The van der Waals surface area contributed by atoms with Gasteiger partial charge in [-0.25, -0.2) is 9.59 Å². The lowest BCUT2D eigenvalue weighted by atomic mass is 10.2. The van der Waals surface area contributed by atoms with E-state index in [1.165, 1.54) is 24.3 Å². The van der Waals surface area contributed by atoms with Gasteiger partial charge in [-0.2, -0.15) is 13.2 Å². The number of hydrogen-bond acceptors (Lipinski definition) is 2. The Morgan fingerprint density at radius 3 is 2.52 bits per heavy atom. The van der Waals surface area contributed by atoms with E-state index in [0.29, 0.717) is 5.69 Å². The Hall–Kier alpha value is -2.25. The summed E-state index contributed by atoms with van der Waals surface area (Å²) in [5.74, 6) is -1.12. The number of rotatable bonds is 6. The minimum Gasteiger partial charge on any atom is -0.478 e. The molecule has 1 aromatic carbocycles. The number of halogens is 3. The molecule has 0 heterocycles. The lowest BCUT2D eigenvalue weighted by Crippen LogP contribution is -2.29. The topological polar surface area (TPSA) is 78.4 Å². The molecule has 0 bridgehead atoms. The van der Waals surface area contributed by atoms with Crippen LogP contribution in [0.4, 0.5) is 23.7 Å². The molecule has 0 radical (unpaired) electrons. The first-order valence-electron chi connectivity index (χ1n) is 6.23. The zero-order chi connectivity index (χ0) is 15.9. The fourth-order valence-electron chi connectivity index (χ4n) is 1.56. The Morgan fingerprint density at radius 2 is 1.90 bits per heavy atom. The second-order valence-corrected chi connectivity index (χ2v) is 4.34. The number of alkyl halides is 3. The van der Waals surface area contributed by atoms with Crippen LogP contribution in [0.5, 0.6) is 0 Å². The normalized spacial score (nSPS) is 11.0. The molecule has 0 atom stereocenters. The number of amides is 2. The summed E-state index contributed by atoms with van der Waals surface area (Å²) < 4.78 is 35.7. The number of carboxylic acids is 1. The van der Waals surface area contributed by atoms with Crippen LogP contribution in [0.15, 0.2) is 24.3 Å². The zero-order valence-electron chi connectivity index (χ0n) is 11.0. The van der Waals surface area contributed by atoms with Crippen molar-refractivity contribution < 1.29 is 27.9 Å². The molecule has 0 saturated carbocycles. The largest absolute Gasteiger partial charge is 0.478 e. The molecule has 5 nitrogen and oxygen atoms in total. The predicted octanol–water partition coefficient (Wildman–Crippen LogP) is 3.24. The van der Waals surface area contributed by atoms with Crippen molar-refractivity contribution in [2.45, 2.75) is 25.4 Å². The number of urea groups is 1. The van der Waals surface area contributed by atoms with Crippen molar-refractivity contribution in [3.8, 4) is 0 Å². The lowest BCUT2D eigenvalue weighted by molar-refractivity contribution is -0.135. The Morgan fingerprint density at radius 1 is 1.19 bits per heavy atom. The van der Waals surface area contributed by atoms with Crippen LogP contribution < -0.4 is 10.6 Å². The van der Waals surface area contributed by atoms with Gasteiger partial charge in [0.2, 0.25) is 0 Å². The third kappa shape index (κ3) is 7.19. The fourth-order valence-corrected chi connectivity index (χ4v) is 1.56. The zero-order valence-corrected chi connectivity index (χ0v) is 11.0. The second-order valence-electron chi connectivity index (χ2n) is 4.34. The Kier molecular flexibility index (Phi) is 6.01. The summed E-state index contributed by atoms with van der Waals surface area (Å²) in [4.78, 5) is 22.2. The molecule has 21 heavy (non-hydrogen) atoms. The van der Waals surface area contributed by atoms with Crippen molar-refractivity contribution in [3.05, 3.63) is 29.8 Å². The molecule has 3 N–H and O–H groups in total. The van der Waals surface area contributed by atoms with Crippen LogP contribution in [0.1, 0.15) is 29.6 Å². The number of hydrogen-bond donors (Lipinski definition) is 3. The standard InChI is InChI=1S/C13H15F3N2O3/c14-13(15,16)6-1-2-7-17-12(21)18-10-5-3-4-9(8-10)11(19)20/h3-5,8H,1-2,6-7H2,(H,19,20)(H2,17,18,21). The van der Waals surface area contributed by atoms with Gasteiger partial charge in [-0.1, -0.05) is 6.07 Å². The number of anilines is 1. The van der Waals surface area contributed by atoms with Crippen LogP contribution in [0.25, 0.3) is 0 Å². The smallest absolute Gasteiger partial charge is 0.389 e. The van der Waals surface area contributed by atoms with Crippen LogP contribution >= 0.6 is 0 Å². The van der Waals surface area contributed by atoms with Crippen LogP contribution in [-0.4, -0.2) is 29.8 Å². The third-order valence-corrected chi connectivity index (χ3v) is 2.54. The van der Waals surface area contributed by atoms with Gasteiger partial charge in [-0.05, 0) is 31.0 Å². The minimum atomic E-state index is -4.18. The fraction of sp³-hybridized carbons (Fsp3) is 0.385. The highest BCUT2D eigenvalue weighted by Gasteiger charge is 2.25. The van der Waals surface area contributed by atoms with E-state index in [0.717, 1.165) is 0 Å². The van der Waals surface area contributed by atoms with E-state index in [4.69, 9.17) is 5.11 Å². The first kappa shape index (κ1) is 16.8. The van der Waals surface area contributed by atoms with E-state index in [1.54, 1.807) is 0 Å². The van der Waals surface area contributed by atoms with E-state index in [1.807, 2.05) is 0 Å². The molecule has 116 valence electrons. The van der Waals surface area contributed by atoms with Gasteiger partial charge in [0.1, 0.15) is 0 Å². The molecule has 1 aromatic rings. The highest BCUT2D eigenvalue weighted by molar-refractivity contribution is 5.93. The monoisotopic (exact) mass is 304 g/mol. The van der Waals surface area contributed by atoms with Crippen molar-refractivity contribution in [3.63, 3.8) is 0 Å². The van der Waals surface area contributed by atoms with E-state index >= 15 is 0 Å². The average molecular weight is 304 g/mol. The predicted molar refractivity (Wildman–Crippen MR) is 70.3 cm³/mol. The summed E-state index contributed by atoms with van der Waals surface area (Å²) in [5, 5.41) is 13.6. The Balaban J connectivity index is 2.31. The molecule has 0 unspecified atom stereocenters. The van der Waals surface area contributed by atoms with Gasteiger partial charge in [-0.15, -0.1) is 0 Å². The number of nitrogens with one attached hydrogen (secondary N) is 2. The highest BCUT2D eigenvalue weighted by Crippen LogP contribution is 2.21. The summed E-state index contributed by atoms with van der Waals surface area (Å²) >= 11 is 0. The molecular formula is C13H15F3N2O3. The number of benzene rings is 1. The molecule has 2 amide bonds. The van der Waals surface area contributed by atoms with Crippen molar-refractivity contribution >= 4 is 17.7 Å². The molecular weight excluding hydrogens is 289 g/mol. The van der Waals surface area contributed by atoms with E-state index in [-0.39, 0.29) is 24.9 Å². The molecule has 8 heteroatoms. The van der Waals surface area contributed by atoms with Gasteiger partial charge in [0, 0.05) is 18.7 Å². The van der Waals surface area contributed by atoms with Gasteiger partial charge in [0.05, 0.1) is 5.56 Å². The Bertz CT molecular complexity index is 504. The lowest BCUT2D eigenvalue weighted by Gasteiger charge is -2.09. The van der Waals surface area contributed by atoms with Crippen LogP contribution in [0.2, 0.25) is 0 Å².